The molecule has 0 bridgehead atoms. The largest absolute Gasteiger partial charge is 0.383 e. The van der Waals surface area contributed by atoms with E-state index in [0.29, 0.717) is 18.5 Å². The summed E-state index contributed by atoms with van der Waals surface area (Å²) in [6.07, 6.45) is 1.07. The molecule has 0 aromatic heterocycles. The number of guanidine groups is 1. The quantitative estimate of drug-likeness (QED) is 0.442. The van der Waals surface area contributed by atoms with Crippen molar-refractivity contribution in [2.45, 2.75) is 33.2 Å². The Morgan fingerprint density at radius 3 is 2.47 bits per heavy atom. The van der Waals surface area contributed by atoms with E-state index in [1.807, 2.05) is 6.92 Å². The Bertz CT molecular complexity index is 174. The molecule has 0 amide bonds. The number of hydrogen-bond donors (Lipinski definition) is 2. The molecule has 92 valence electrons. The van der Waals surface area contributed by atoms with Crippen LogP contribution in [0.2, 0.25) is 0 Å². The number of nitrogens with one attached hydrogen (secondary N) is 1. The fourth-order valence-electron chi connectivity index (χ4n) is 1.03. The Hall–Kier alpha value is -0.0400. The molecule has 0 aliphatic heterocycles. The van der Waals surface area contributed by atoms with Crippen LogP contribution < -0.4 is 11.1 Å². The highest BCUT2D eigenvalue weighted by molar-refractivity contribution is 14.0. The number of rotatable bonds is 6. The Balaban J connectivity index is 0. The van der Waals surface area contributed by atoms with Crippen molar-refractivity contribution in [2.75, 3.05) is 20.3 Å². The molecule has 0 rings (SSSR count). The summed E-state index contributed by atoms with van der Waals surface area (Å²) in [5.41, 5.74) is 5.67. The van der Waals surface area contributed by atoms with Crippen molar-refractivity contribution in [1.29, 1.82) is 0 Å². The number of nitrogens with two attached hydrogens (primary N) is 1. The molecule has 0 spiro atoms. The molecule has 0 aromatic rings. The number of ether oxygens (including phenoxy) is 1. The maximum Gasteiger partial charge on any atom is 0.188 e. The van der Waals surface area contributed by atoms with Crippen molar-refractivity contribution in [3.63, 3.8) is 0 Å². The maximum absolute atomic E-state index is 5.67. The van der Waals surface area contributed by atoms with Gasteiger partial charge in [0.25, 0.3) is 0 Å². The summed E-state index contributed by atoms with van der Waals surface area (Å²) >= 11 is 0. The molecule has 0 aliphatic carbocycles. The van der Waals surface area contributed by atoms with E-state index in [4.69, 9.17) is 10.5 Å². The molecule has 1 atom stereocenters. The average molecular weight is 329 g/mol. The summed E-state index contributed by atoms with van der Waals surface area (Å²) in [6.45, 7) is 7.78. The third-order valence-corrected chi connectivity index (χ3v) is 1.80. The predicted octanol–water partition coefficient (Wildman–Crippen LogP) is 1.59. The first-order chi connectivity index (χ1) is 6.56. The molecule has 3 N–H and O–H groups in total. The summed E-state index contributed by atoms with van der Waals surface area (Å²) in [6, 6.07) is 0.211. The molecule has 5 heteroatoms. The minimum atomic E-state index is 0. The van der Waals surface area contributed by atoms with Crippen LogP contribution in [0.1, 0.15) is 27.2 Å². The minimum absolute atomic E-state index is 0. The third kappa shape index (κ3) is 11.9. The van der Waals surface area contributed by atoms with Crippen molar-refractivity contribution in [1.82, 2.24) is 5.32 Å². The molecule has 15 heavy (non-hydrogen) atoms. The van der Waals surface area contributed by atoms with Crippen LogP contribution in [0.15, 0.2) is 4.99 Å². The zero-order chi connectivity index (χ0) is 11.0. The van der Waals surface area contributed by atoms with E-state index >= 15 is 0 Å². The first kappa shape index (κ1) is 17.4. The zero-order valence-corrected chi connectivity index (χ0v) is 12.4. The standard InChI is InChI=1S/C10H23N3O.HI/c1-8(2)5-6-12-10(11)13-9(3)7-14-4;/h8-9H,5-7H2,1-4H3,(H3,11,12,13);1H. The van der Waals surface area contributed by atoms with Gasteiger partial charge in [-0.05, 0) is 19.3 Å². The lowest BCUT2D eigenvalue weighted by Gasteiger charge is -2.13. The van der Waals surface area contributed by atoms with E-state index in [1.165, 1.54) is 0 Å². The van der Waals surface area contributed by atoms with Gasteiger partial charge in [0.2, 0.25) is 0 Å². The number of aliphatic imine (C=N–C) groups is 1. The van der Waals surface area contributed by atoms with Crippen molar-refractivity contribution in [3.05, 3.63) is 0 Å². The van der Waals surface area contributed by atoms with Crippen molar-refractivity contribution >= 4 is 29.9 Å². The highest BCUT2D eigenvalue weighted by Crippen LogP contribution is 1.98. The van der Waals surface area contributed by atoms with Gasteiger partial charge < -0.3 is 15.8 Å². The summed E-state index contributed by atoms with van der Waals surface area (Å²) in [5, 5.41) is 3.06. The van der Waals surface area contributed by atoms with Crippen LogP contribution in [0, 0.1) is 5.92 Å². The second kappa shape index (κ2) is 10.5. The van der Waals surface area contributed by atoms with Crippen LogP contribution in [0.4, 0.5) is 0 Å². The summed E-state index contributed by atoms with van der Waals surface area (Å²) in [4.78, 5) is 4.21. The molecule has 0 aliphatic rings. The van der Waals surface area contributed by atoms with Gasteiger partial charge in [-0.3, -0.25) is 4.99 Å². The number of hydrogen-bond acceptors (Lipinski definition) is 2. The van der Waals surface area contributed by atoms with Crippen LogP contribution in [-0.2, 0) is 4.74 Å². The number of methoxy groups -OCH3 is 1. The summed E-state index contributed by atoms with van der Waals surface area (Å²) in [5.74, 6) is 1.18. The fourth-order valence-corrected chi connectivity index (χ4v) is 1.03. The van der Waals surface area contributed by atoms with Crippen LogP contribution in [0.25, 0.3) is 0 Å². The lowest BCUT2D eigenvalue weighted by molar-refractivity contribution is 0.179. The van der Waals surface area contributed by atoms with Crippen LogP contribution >= 0.6 is 24.0 Å². The molecule has 0 saturated heterocycles. The molecular weight excluding hydrogens is 305 g/mol. The molecule has 1 unspecified atom stereocenters. The Morgan fingerprint density at radius 2 is 2.00 bits per heavy atom. The molecule has 0 aromatic carbocycles. The van der Waals surface area contributed by atoms with Gasteiger partial charge >= 0.3 is 0 Å². The van der Waals surface area contributed by atoms with E-state index in [0.717, 1.165) is 13.0 Å². The first-order valence-corrected chi connectivity index (χ1v) is 5.11. The van der Waals surface area contributed by atoms with Crippen LogP contribution in [-0.4, -0.2) is 32.3 Å². The van der Waals surface area contributed by atoms with E-state index < -0.39 is 0 Å². The number of halogens is 1. The molecule has 4 nitrogen and oxygen atoms in total. The van der Waals surface area contributed by atoms with Gasteiger partial charge in [0.05, 0.1) is 6.61 Å². The monoisotopic (exact) mass is 329 g/mol. The van der Waals surface area contributed by atoms with E-state index in [-0.39, 0.29) is 30.0 Å². The van der Waals surface area contributed by atoms with Gasteiger partial charge in [0, 0.05) is 19.7 Å². The SMILES string of the molecule is COCC(C)NC(N)=NCCC(C)C.I. The van der Waals surface area contributed by atoms with Gasteiger partial charge in [0.15, 0.2) is 5.96 Å². The minimum Gasteiger partial charge on any atom is -0.383 e. The lowest BCUT2D eigenvalue weighted by atomic mass is 10.1. The van der Waals surface area contributed by atoms with Crippen LogP contribution in [0.5, 0.6) is 0 Å². The summed E-state index contributed by atoms with van der Waals surface area (Å²) < 4.78 is 4.97. The van der Waals surface area contributed by atoms with E-state index in [1.54, 1.807) is 7.11 Å². The lowest BCUT2D eigenvalue weighted by Crippen LogP contribution is -2.40. The maximum atomic E-state index is 5.67. The molecular formula is C10H24IN3O. The van der Waals surface area contributed by atoms with Gasteiger partial charge in [-0.25, -0.2) is 0 Å². The molecule has 0 fully saturated rings. The smallest absolute Gasteiger partial charge is 0.188 e. The van der Waals surface area contributed by atoms with Crippen molar-refractivity contribution in [2.24, 2.45) is 16.6 Å². The van der Waals surface area contributed by atoms with Gasteiger partial charge in [0.1, 0.15) is 0 Å². The molecule has 0 saturated carbocycles. The topological polar surface area (TPSA) is 59.6 Å². The van der Waals surface area contributed by atoms with E-state index in [2.05, 4.69) is 24.2 Å². The first-order valence-electron chi connectivity index (χ1n) is 5.11. The predicted molar refractivity (Wildman–Crippen MR) is 75.8 cm³/mol. The molecule has 0 heterocycles. The normalized spacial score (nSPS) is 13.5. The van der Waals surface area contributed by atoms with Crippen molar-refractivity contribution in [3.8, 4) is 0 Å². The Morgan fingerprint density at radius 1 is 1.40 bits per heavy atom. The summed E-state index contributed by atoms with van der Waals surface area (Å²) in [7, 11) is 1.67. The third-order valence-electron chi connectivity index (χ3n) is 1.80. The zero-order valence-electron chi connectivity index (χ0n) is 10.1. The second-order valence-corrected chi connectivity index (χ2v) is 3.95. The average Bonchev–Trinajstić information content (AvgIpc) is 2.03. The highest BCUT2D eigenvalue weighted by atomic mass is 127. The van der Waals surface area contributed by atoms with Gasteiger partial charge in [-0.2, -0.15) is 0 Å². The highest BCUT2D eigenvalue weighted by Gasteiger charge is 2.01. The Kier molecular flexibility index (Phi) is 12.1. The van der Waals surface area contributed by atoms with Gasteiger partial charge in [-0.15, -0.1) is 24.0 Å². The van der Waals surface area contributed by atoms with Gasteiger partial charge in [-0.1, -0.05) is 13.8 Å². The number of nitrogens with zero attached hydrogens (tertiary/aromatic N) is 1. The van der Waals surface area contributed by atoms with Crippen molar-refractivity contribution < 1.29 is 4.74 Å². The molecule has 0 radical (unpaired) electrons. The second-order valence-electron chi connectivity index (χ2n) is 3.95. The van der Waals surface area contributed by atoms with E-state index in [9.17, 15) is 0 Å². The fraction of sp³-hybridized carbons (Fsp3) is 0.900. The van der Waals surface area contributed by atoms with Crippen LogP contribution in [0.3, 0.4) is 0 Å². The Labute approximate surface area is 110 Å².